The number of para-hydroxylation sites is 1. The lowest BCUT2D eigenvalue weighted by Gasteiger charge is -2.21. The molecule has 0 radical (unpaired) electrons. The fourth-order valence-electron chi connectivity index (χ4n) is 3.28. The molecule has 1 amide bonds. The number of benzene rings is 2. The first-order valence-electron chi connectivity index (χ1n) is 8.97. The van der Waals surface area contributed by atoms with Crippen LogP contribution in [-0.4, -0.2) is 19.2 Å². The third-order valence-electron chi connectivity index (χ3n) is 4.70. The lowest BCUT2D eigenvalue weighted by molar-refractivity contribution is 0.0934. The molecule has 2 aromatic heterocycles. The van der Waals surface area contributed by atoms with Gasteiger partial charge in [-0.2, -0.15) is 8.75 Å². The minimum atomic E-state index is -0.458. The molecular formula is C21H17ClN4O2S. The summed E-state index contributed by atoms with van der Waals surface area (Å²) in [5.41, 5.74) is 1.97. The summed E-state index contributed by atoms with van der Waals surface area (Å²) < 4.78 is 9.69. The summed E-state index contributed by atoms with van der Waals surface area (Å²) in [5, 5.41) is 4.49. The molecular weight excluding hydrogens is 408 g/mol. The van der Waals surface area contributed by atoms with Crippen molar-refractivity contribution in [1.82, 2.24) is 18.6 Å². The Labute approximate surface area is 176 Å². The molecule has 1 N–H and O–H groups in total. The topological polar surface area (TPSA) is 76.9 Å². The van der Waals surface area contributed by atoms with Gasteiger partial charge in [0.2, 0.25) is 0 Å². The number of rotatable bonds is 4. The summed E-state index contributed by atoms with van der Waals surface area (Å²) in [4.78, 5) is 26.0. The number of nitrogens with zero attached hydrogens (tertiary/aromatic N) is 3. The number of hydrogen-bond donors (Lipinski definition) is 1. The monoisotopic (exact) mass is 424 g/mol. The summed E-state index contributed by atoms with van der Waals surface area (Å²) in [6, 6.07) is 16.0. The van der Waals surface area contributed by atoms with Crippen LogP contribution in [0.1, 0.15) is 34.8 Å². The molecule has 146 valence electrons. The molecule has 29 heavy (non-hydrogen) atoms. The molecule has 2 aromatic carbocycles. The first kappa shape index (κ1) is 19.3. The number of nitrogens with one attached hydrogen (secondary N) is 1. The Hall–Kier alpha value is -3.03. The van der Waals surface area contributed by atoms with Crippen LogP contribution in [0.2, 0.25) is 5.02 Å². The van der Waals surface area contributed by atoms with Crippen LogP contribution in [0.5, 0.6) is 0 Å². The highest BCUT2D eigenvalue weighted by molar-refractivity contribution is 6.99. The van der Waals surface area contributed by atoms with Gasteiger partial charge in [-0.25, -0.2) is 0 Å². The summed E-state index contributed by atoms with van der Waals surface area (Å²) in [5.74, 6) is -0.331. The molecule has 2 heterocycles. The SMILES string of the molecule is Cc1nsnc1C(=O)N[C@@H](C)c1cc2cccc(Cl)c2c(=O)n1-c1ccccc1. The quantitative estimate of drug-likeness (QED) is 0.530. The zero-order valence-corrected chi connectivity index (χ0v) is 17.3. The normalized spacial score (nSPS) is 12.1. The largest absolute Gasteiger partial charge is 0.343 e. The smallest absolute Gasteiger partial charge is 0.273 e. The van der Waals surface area contributed by atoms with Crippen molar-refractivity contribution in [2.24, 2.45) is 0 Å². The van der Waals surface area contributed by atoms with Crippen molar-refractivity contribution in [1.29, 1.82) is 0 Å². The highest BCUT2D eigenvalue weighted by Gasteiger charge is 2.21. The molecule has 0 aliphatic carbocycles. The molecule has 0 aliphatic rings. The lowest BCUT2D eigenvalue weighted by Crippen LogP contribution is -2.32. The second kappa shape index (κ2) is 7.77. The van der Waals surface area contributed by atoms with Crippen molar-refractivity contribution >= 4 is 40.0 Å². The van der Waals surface area contributed by atoms with Crippen molar-refractivity contribution < 1.29 is 4.79 Å². The Morgan fingerprint density at radius 1 is 1.14 bits per heavy atom. The number of carbonyl (C=O) groups is 1. The molecule has 0 fully saturated rings. The first-order valence-corrected chi connectivity index (χ1v) is 10.1. The average Bonchev–Trinajstić information content (AvgIpc) is 3.14. The Kier molecular flexibility index (Phi) is 5.17. The number of hydrogen-bond acceptors (Lipinski definition) is 5. The number of fused-ring (bicyclic) bond motifs is 1. The summed E-state index contributed by atoms with van der Waals surface area (Å²) >= 11 is 7.32. The van der Waals surface area contributed by atoms with E-state index in [-0.39, 0.29) is 11.5 Å². The number of aryl methyl sites for hydroxylation is 1. The molecule has 0 spiro atoms. The molecule has 0 aliphatic heterocycles. The molecule has 4 rings (SSSR count). The third-order valence-corrected chi connectivity index (χ3v) is 5.63. The van der Waals surface area contributed by atoms with E-state index in [2.05, 4.69) is 14.1 Å². The standard InChI is InChI=1S/C21H17ClN4O2S/c1-12(23-20(27)19-13(2)24-29-25-19)17-11-14-7-6-10-16(22)18(14)21(28)26(17)15-8-4-3-5-9-15/h3-12H,1-2H3,(H,23,27)/t12-/m0/s1. The molecule has 1 atom stereocenters. The van der Waals surface area contributed by atoms with E-state index >= 15 is 0 Å². The van der Waals surface area contributed by atoms with Crippen LogP contribution < -0.4 is 10.9 Å². The van der Waals surface area contributed by atoms with Crippen LogP contribution >= 0.6 is 23.3 Å². The van der Waals surface area contributed by atoms with Crippen molar-refractivity contribution in [3.63, 3.8) is 0 Å². The van der Waals surface area contributed by atoms with Gasteiger partial charge >= 0.3 is 0 Å². The number of carbonyl (C=O) groups excluding carboxylic acids is 1. The number of pyridine rings is 1. The highest BCUT2D eigenvalue weighted by atomic mass is 35.5. The van der Waals surface area contributed by atoms with E-state index in [1.165, 1.54) is 0 Å². The summed E-state index contributed by atoms with van der Waals surface area (Å²) in [6.07, 6.45) is 0. The van der Waals surface area contributed by atoms with Crippen molar-refractivity contribution in [3.8, 4) is 5.69 Å². The minimum absolute atomic E-state index is 0.234. The van der Waals surface area contributed by atoms with Gasteiger partial charge in [-0.15, -0.1) is 0 Å². The maximum absolute atomic E-state index is 13.4. The van der Waals surface area contributed by atoms with E-state index in [0.717, 1.165) is 17.1 Å². The van der Waals surface area contributed by atoms with E-state index in [9.17, 15) is 9.59 Å². The van der Waals surface area contributed by atoms with Crippen LogP contribution in [0.3, 0.4) is 0 Å². The van der Waals surface area contributed by atoms with E-state index < -0.39 is 6.04 Å². The fourth-order valence-corrected chi connectivity index (χ4v) is 4.09. The van der Waals surface area contributed by atoms with Gasteiger partial charge in [-0.3, -0.25) is 14.2 Å². The maximum Gasteiger partial charge on any atom is 0.273 e. The van der Waals surface area contributed by atoms with E-state index in [1.807, 2.05) is 49.4 Å². The Bertz CT molecular complexity index is 1270. The van der Waals surface area contributed by atoms with Gasteiger partial charge in [0, 0.05) is 11.4 Å². The Balaban J connectivity index is 1.88. The third kappa shape index (κ3) is 3.54. The number of aromatic nitrogens is 3. The second-order valence-corrected chi connectivity index (χ2v) is 7.58. The average molecular weight is 425 g/mol. The summed E-state index contributed by atoms with van der Waals surface area (Å²) in [7, 11) is 0. The Morgan fingerprint density at radius 3 is 2.59 bits per heavy atom. The molecule has 4 aromatic rings. The predicted molar refractivity (Wildman–Crippen MR) is 115 cm³/mol. The summed E-state index contributed by atoms with van der Waals surface area (Å²) in [6.45, 7) is 3.57. The first-order chi connectivity index (χ1) is 14.0. The van der Waals surface area contributed by atoms with E-state index in [1.54, 1.807) is 23.6 Å². The van der Waals surface area contributed by atoms with Gasteiger partial charge in [0.25, 0.3) is 11.5 Å². The van der Waals surface area contributed by atoms with Crippen LogP contribution in [-0.2, 0) is 0 Å². The molecule has 6 nitrogen and oxygen atoms in total. The second-order valence-electron chi connectivity index (χ2n) is 6.64. The van der Waals surface area contributed by atoms with Gasteiger partial charge in [0.05, 0.1) is 33.9 Å². The zero-order chi connectivity index (χ0) is 20.5. The molecule has 0 saturated carbocycles. The van der Waals surface area contributed by atoms with Crippen molar-refractivity contribution in [2.45, 2.75) is 19.9 Å². The van der Waals surface area contributed by atoms with Crippen LogP contribution in [0.15, 0.2) is 59.4 Å². The van der Waals surface area contributed by atoms with Crippen LogP contribution in [0.4, 0.5) is 0 Å². The van der Waals surface area contributed by atoms with Gasteiger partial charge in [0.1, 0.15) is 0 Å². The van der Waals surface area contributed by atoms with E-state index in [0.29, 0.717) is 33.2 Å². The Morgan fingerprint density at radius 2 is 1.90 bits per heavy atom. The minimum Gasteiger partial charge on any atom is -0.343 e. The number of halogens is 1. The van der Waals surface area contributed by atoms with Gasteiger partial charge < -0.3 is 5.32 Å². The lowest BCUT2D eigenvalue weighted by atomic mass is 10.1. The van der Waals surface area contributed by atoms with Gasteiger partial charge in [-0.05, 0) is 43.5 Å². The van der Waals surface area contributed by atoms with E-state index in [4.69, 9.17) is 11.6 Å². The molecule has 0 saturated heterocycles. The van der Waals surface area contributed by atoms with Gasteiger partial charge in [-0.1, -0.05) is 41.9 Å². The molecule has 0 unspecified atom stereocenters. The molecule has 8 heteroatoms. The van der Waals surface area contributed by atoms with Gasteiger partial charge in [0.15, 0.2) is 5.69 Å². The highest BCUT2D eigenvalue weighted by Crippen LogP contribution is 2.25. The van der Waals surface area contributed by atoms with Crippen molar-refractivity contribution in [2.75, 3.05) is 0 Å². The van der Waals surface area contributed by atoms with Crippen LogP contribution in [0, 0.1) is 6.92 Å². The van der Waals surface area contributed by atoms with Crippen LogP contribution in [0.25, 0.3) is 16.5 Å². The zero-order valence-electron chi connectivity index (χ0n) is 15.7. The van der Waals surface area contributed by atoms with Crippen molar-refractivity contribution in [3.05, 3.63) is 87.1 Å². The molecule has 0 bridgehead atoms. The fraction of sp³-hybridized carbons (Fsp3) is 0.143. The number of amides is 1. The predicted octanol–water partition coefficient (Wildman–Crippen LogP) is 4.30. The maximum atomic E-state index is 13.4.